The van der Waals surface area contributed by atoms with Crippen LogP contribution in [0.25, 0.3) is 11.1 Å². The Morgan fingerprint density at radius 1 is 1.05 bits per heavy atom. The fourth-order valence-electron chi connectivity index (χ4n) is 6.60. The highest BCUT2D eigenvalue weighted by Gasteiger charge is 2.30. The molecular formula is C34H48N4O6. The highest BCUT2D eigenvalue weighted by Crippen LogP contribution is 2.50. The molecule has 0 saturated carbocycles. The summed E-state index contributed by atoms with van der Waals surface area (Å²) in [7, 11) is 4.70. The van der Waals surface area contributed by atoms with Gasteiger partial charge in [0.1, 0.15) is 6.04 Å². The molecule has 4 rings (SSSR count). The van der Waals surface area contributed by atoms with E-state index in [1.54, 1.807) is 33.5 Å². The Balaban J connectivity index is 1.77. The number of nitrogens with zero attached hydrogens (tertiary/aromatic N) is 1. The lowest BCUT2D eigenvalue weighted by molar-refractivity contribution is -0.122. The predicted octanol–water partition coefficient (Wildman–Crippen LogP) is 4.29. The standard InChI is InChI=1S/C34H48N4O6/c1-8-38-15-9-10-23(38)19-35-34(41)28(16-20(2)3)37-27-14-12-24-25(18-29(27)40)26(36-21(4)39)13-11-22-17-30(42-5)32(43-6)33(44-7)31(22)24/h12,14,17-18,20,23,26,28H,8-11,13,15-16,19H2,1-7H3,(H,35,41)(H,36,39)(H,37,40)/t23-,26-,28-/m0/s1. The number of rotatable bonds is 12. The first kappa shape index (κ1) is 33.1. The number of ether oxygens (including phenoxy) is 3. The number of likely N-dealkylation sites (N-methyl/N-ethyl adjacent to an activating group) is 1. The Morgan fingerprint density at radius 2 is 1.80 bits per heavy atom. The van der Waals surface area contributed by atoms with Gasteiger partial charge in [-0.3, -0.25) is 19.3 Å². The van der Waals surface area contributed by atoms with Crippen LogP contribution in [0, 0.1) is 5.92 Å². The molecule has 0 spiro atoms. The van der Waals surface area contributed by atoms with Gasteiger partial charge in [-0.1, -0.05) is 26.8 Å². The molecule has 44 heavy (non-hydrogen) atoms. The van der Waals surface area contributed by atoms with E-state index in [4.69, 9.17) is 14.2 Å². The summed E-state index contributed by atoms with van der Waals surface area (Å²) in [6.07, 6.45) is 3.95. The molecule has 10 nitrogen and oxygen atoms in total. The van der Waals surface area contributed by atoms with Crippen LogP contribution < -0.4 is 35.6 Å². The molecule has 3 N–H and O–H groups in total. The maximum absolute atomic E-state index is 13.8. The number of amides is 2. The molecule has 1 heterocycles. The van der Waals surface area contributed by atoms with Gasteiger partial charge in [-0.25, -0.2) is 0 Å². The van der Waals surface area contributed by atoms with Gasteiger partial charge in [0.25, 0.3) is 0 Å². The van der Waals surface area contributed by atoms with Gasteiger partial charge >= 0.3 is 0 Å². The van der Waals surface area contributed by atoms with Crippen molar-refractivity contribution in [3.05, 3.63) is 45.6 Å². The zero-order chi connectivity index (χ0) is 32.0. The summed E-state index contributed by atoms with van der Waals surface area (Å²) in [5.74, 6) is 1.39. The lowest BCUT2D eigenvalue weighted by Crippen LogP contribution is -2.46. The Labute approximate surface area is 260 Å². The van der Waals surface area contributed by atoms with Crippen LogP contribution in [0.5, 0.6) is 17.2 Å². The van der Waals surface area contributed by atoms with E-state index in [1.807, 2.05) is 12.1 Å². The number of methoxy groups -OCH3 is 3. The highest BCUT2D eigenvalue weighted by atomic mass is 16.5. The molecule has 0 radical (unpaired) electrons. The van der Waals surface area contributed by atoms with E-state index in [0.717, 1.165) is 42.6 Å². The molecule has 240 valence electrons. The molecule has 1 saturated heterocycles. The summed E-state index contributed by atoms with van der Waals surface area (Å²) in [6, 6.07) is 6.44. The Bertz CT molecular complexity index is 1410. The van der Waals surface area contributed by atoms with Crippen molar-refractivity contribution in [3.8, 4) is 28.4 Å². The van der Waals surface area contributed by atoms with Crippen molar-refractivity contribution in [1.82, 2.24) is 15.5 Å². The number of nitrogens with one attached hydrogen (secondary N) is 3. The molecular weight excluding hydrogens is 560 g/mol. The van der Waals surface area contributed by atoms with Crippen molar-refractivity contribution in [1.29, 1.82) is 0 Å². The van der Waals surface area contributed by atoms with Gasteiger partial charge in [0.15, 0.2) is 11.5 Å². The summed E-state index contributed by atoms with van der Waals surface area (Å²) in [6.45, 7) is 10.3. The number of likely N-dealkylation sites (tertiary alicyclic amines) is 1. The zero-order valence-electron chi connectivity index (χ0n) is 27.2. The number of carbonyl (C=O) groups is 2. The smallest absolute Gasteiger partial charge is 0.242 e. The quantitative estimate of drug-likeness (QED) is 0.327. The third kappa shape index (κ3) is 7.29. The van der Waals surface area contributed by atoms with Gasteiger partial charge in [0.2, 0.25) is 23.0 Å². The molecule has 2 aromatic carbocycles. The van der Waals surface area contributed by atoms with Crippen molar-refractivity contribution in [2.45, 2.75) is 77.9 Å². The van der Waals surface area contributed by atoms with E-state index < -0.39 is 12.1 Å². The highest BCUT2D eigenvalue weighted by molar-refractivity contribution is 5.86. The molecule has 2 aliphatic rings. The van der Waals surface area contributed by atoms with Crippen molar-refractivity contribution in [2.75, 3.05) is 46.3 Å². The third-order valence-electron chi connectivity index (χ3n) is 8.69. The maximum atomic E-state index is 13.8. The monoisotopic (exact) mass is 608 g/mol. The number of carbonyl (C=O) groups excluding carboxylic acids is 2. The van der Waals surface area contributed by atoms with Gasteiger partial charge in [0.05, 0.1) is 33.1 Å². The van der Waals surface area contributed by atoms with Crippen LogP contribution in [-0.4, -0.2) is 69.8 Å². The topological polar surface area (TPSA) is 118 Å². The first-order valence-electron chi connectivity index (χ1n) is 15.7. The van der Waals surface area contributed by atoms with E-state index in [0.29, 0.717) is 60.3 Å². The summed E-state index contributed by atoms with van der Waals surface area (Å²) in [4.78, 5) is 42.0. The van der Waals surface area contributed by atoms with Crippen LogP contribution in [0.1, 0.15) is 70.5 Å². The fourth-order valence-corrected chi connectivity index (χ4v) is 6.60. The Morgan fingerprint density at radius 3 is 2.43 bits per heavy atom. The molecule has 1 aliphatic carbocycles. The van der Waals surface area contributed by atoms with Gasteiger partial charge in [-0.15, -0.1) is 0 Å². The number of anilines is 1. The van der Waals surface area contributed by atoms with Crippen LogP contribution in [-0.2, 0) is 16.0 Å². The van der Waals surface area contributed by atoms with Gasteiger partial charge in [0, 0.05) is 25.1 Å². The molecule has 10 heteroatoms. The molecule has 0 unspecified atom stereocenters. The Kier molecular flexibility index (Phi) is 11.1. The SMILES string of the molecule is CCN1CCC[C@H]1CNC(=O)[C@H](CC(C)C)Nc1ccc2c(cc1=O)[C@@H](NC(C)=O)CCc1cc(OC)c(OC)c(OC)c1-2. The first-order valence-corrected chi connectivity index (χ1v) is 15.7. The van der Waals surface area contributed by atoms with Crippen molar-refractivity contribution in [2.24, 2.45) is 5.92 Å². The number of hydrogen-bond donors (Lipinski definition) is 3. The molecule has 0 bridgehead atoms. The average molecular weight is 609 g/mol. The second-order valence-electron chi connectivity index (χ2n) is 12.1. The van der Waals surface area contributed by atoms with Gasteiger partial charge < -0.3 is 30.2 Å². The van der Waals surface area contributed by atoms with E-state index in [-0.39, 0.29) is 23.2 Å². The number of benzene rings is 1. The van der Waals surface area contributed by atoms with Crippen LogP contribution >= 0.6 is 0 Å². The minimum absolute atomic E-state index is 0.117. The second kappa shape index (κ2) is 14.8. The van der Waals surface area contributed by atoms with Crippen LogP contribution in [0.2, 0.25) is 0 Å². The van der Waals surface area contributed by atoms with Crippen molar-refractivity contribution < 1.29 is 23.8 Å². The number of hydrogen-bond acceptors (Lipinski definition) is 8. The lowest BCUT2D eigenvalue weighted by Gasteiger charge is -2.25. The summed E-state index contributed by atoms with van der Waals surface area (Å²) >= 11 is 0. The maximum Gasteiger partial charge on any atom is 0.242 e. The van der Waals surface area contributed by atoms with E-state index in [9.17, 15) is 14.4 Å². The predicted molar refractivity (Wildman–Crippen MR) is 173 cm³/mol. The molecule has 0 aromatic heterocycles. The van der Waals surface area contributed by atoms with Crippen LogP contribution in [0.3, 0.4) is 0 Å². The van der Waals surface area contributed by atoms with E-state index >= 15 is 0 Å². The first-order chi connectivity index (χ1) is 21.1. The minimum Gasteiger partial charge on any atom is -0.493 e. The Hall–Kier alpha value is -3.79. The normalized spacial score (nSPS) is 18.5. The minimum atomic E-state index is -0.585. The molecule has 1 fully saturated rings. The molecule has 1 aliphatic heterocycles. The van der Waals surface area contributed by atoms with Gasteiger partial charge in [-0.05, 0) is 86.0 Å². The van der Waals surface area contributed by atoms with Crippen molar-refractivity contribution >= 4 is 17.5 Å². The average Bonchev–Trinajstić information content (AvgIpc) is 3.34. The zero-order valence-corrected chi connectivity index (χ0v) is 27.2. The summed E-state index contributed by atoms with van der Waals surface area (Å²) in [5, 5.41) is 9.47. The van der Waals surface area contributed by atoms with Gasteiger partial charge in [-0.2, -0.15) is 0 Å². The third-order valence-corrected chi connectivity index (χ3v) is 8.69. The fraction of sp³-hybridized carbons (Fsp3) is 0.559. The second-order valence-corrected chi connectivity index (χ2v) is 12.1. The van der Waals surface area contributed by atoms with E-state index in [1.165, 1.54) is 6.92 Å². The molecule has 3 atom stereocenters. The van der Waals surface area contributed by atoms with Crippen LogP contribution in [0.4, 0.5) is 5.69 Å². The van der Waals surface area contributed by atoms with Crippen molar-refractivity contribution in [3.63, 3.8) is 0 Å². The lowest BCUT2D eigenvalue weighted by atomic mass is 9.95. The number of aryl methyl sites for hydroxylation is 1. The summed E-state index contributed by atoms with van der Waals surface area (Å²) in [5.41, 5.74) is 3.20. The largest absolute Gasteiger partial charge is 0.493 e. The molecule has 2 aromatic rings. The van der Waals surface area contributed by atoms with Crippen LogP contribution in [0.15, 0.2) is 29.1 Å². The number of fused-ring (bicyclic) bond motifs is 3. The molecule has 2 amide bonds. The summed E-state index contributed by atoms with van der Waals surface area (Å²) < 4.78 is 17.2. The van der Waals surface area contributed by atoms with E-state index in [2.05, 4.69) is 41.6 Å².